The van der Waals surface area contributed by atoms with Gasteiger partial charge in [0.25, 0.3) is 0 Å². The van der Waals surface area contributed by atoms with Crippen molar-refractivity contribution in [3.8, 4) is 5.75 Å². The number of hydrogen-bond acceptors (Lipinski definition) is 6. The highest BCUT2D eigenvalue weighted by Gasteiger charge is 2.33. The van der Waals surface area contributed by atoms with Crippen LogP contribution in [0.1, 0.15) is 29.8 Å². The van der Waals surface area contributed by atoms with Crippen LogP contribution in [0.3, 0.4) is 0 Å². The Hall–Kier alpha value is -2.00. The highest BCUT2D eigenvalue weighted by atomic mass is 32.1. The van der Waals surface area contributed by atoms with Gasteiger partial charge in [-0.05, 0) is 48.5 Å². The van der Waals surface area contributed by atoms with Gasteiger partial charge in [0.1, 0.15) is 18.2 Å². The van der Waals surface area contributed by atoms with E-state index < -0.39 is 6.10 Å². The van der Waals surface area contributed by atoms with E-state index in [1.807, 2.05) is 28.2 Å². The second-order valence-corrected chi connectivity index (χ2v) is 8.77. The van der Waals surface area contributed by atoms with Gasteiger partial charge in [-0.3, -0.25) is 9.69 Å². The molecule has 1 aliphatic heterocycles. The molecule has 2 aromatic rings. The molecule has 0 fully saturated rings. The van der Waals surface area contributed by atoms with Crippen LogP contribution in [0.25, 0.3) is 0 Å². The summed E-state index contributed by atoms with van der Waals surface area (Å²) in [5.41, 5.74) is 1.10. The summed E-state index contributed by atoms with van der Waals surface area (Å²) in [5.74, 6) is 0.0999. The van der Waals surface area contributed by atoms with Gasteiger partial charge in [-0.15, -0.1) is 11.3 Å². The molecule has 31 heavy (non-hydrogen) atoms. The molecule has 0 saturated carbocycles. The van der Waals surface area contributed by atoms with E-state index in [4.69, 9.17) is 9.47 Å². The number of carbonyl (C=O) groups is 1. The number of amides is 1. The van der Waals surface area contributed by atoms with Crippen molar-refractivity contribution in [1.29, 1.82) is 0 Å². The maximum Gasteiger partial charge on any atom is 0.237 e. The van der Waals surface area contributed by atoms with Crippen LogP contribution in [0.4, 0.5) is 4.39 Å². The molecule has 8 heteroatoms. The Kier molecular flexibility index (Phi) is 8.83. The zero-order valence-corrected chi connectivity index (χ0v) is 18.9. The molecule has 1 amide bonds. The predicted octanol–water partition coefficient (Wildman–Crippen LogP) is 3.11. The fraction of sp³-hybridized carbons (Fsp3) is 0.522. The van der Waals surface area contributed by atoms with Crippen molar-refractivity contribution in [3.63, 3.8) is 0 Å². The number of methoxy groups -OCH3 is 1. The Bertz CT molecular complexity index is 846. The minimum atomic E-state index is -0.638. The van der Waals surface area contributed by atoms with Gasteiger partial charge < -0.3 is 19.5 Å². The maximum atomic E-state index is 13.5. The predicted molar refractivity (Wildman–Crippen MR) is 119 cm³/mol. The molecular weight excluding hydrogens is 419 g/mol. The standard InChI is InChI=1S/C23H31FN2O4S/c1-3-9-25(13-18(27)15-29-2)14-23(28)26-10-7-22-20(8-11-31-22)21(26)16-30-19-6-4-5-17(24)12-19/h4-6,8,11-12,18,21,27H,3,7,9-10,13-16H2,1-2H3/t18-,21-/m1/s1. The number of carbonyl (C=O) groups excluding carboxylic acids is 1. The molecule has 0 spiro atoms. The Morgan fingerprint density at radius 1 is 1.42 bits per heavy atom. The van der Waals surface area contributed by atoms with Gasteiger partial charge >= 0.3 is 0 Å². The largest absolute Gasteiger partial charge is 0.491 e. The molecule has 1 aromatic heterocycles. The molecule has 2 heterocycles. The summed E-state index contributed by atoms with van der Waals surface area (Å²) in [5, 5.41) is 12.2. The first kappa shape index (κ1) is 23.7. The molecule has 1 aliphatic rings. The Morgan fingerprint density at radius 3 is 3.00 bits per heavy atom. The molecule has 0 bridgehead atoms. The Labute approximate surface area is 187 Å². The van der Waals surface area contributed by atoms with Gasteiger partial charge in [-0.2, -0.15) is 0 Å². The molecule has 3 rings (SSSR count). The average molecular weight is 451 g/mol. The Morgan fingerprint density at radius 2 is 2.26 bits per heavy atom. The van der Waals surface area contributed by atoms with Gasteiger partial charge in [-0.1, -0.05) is 13.0 Å². The van der Waals surface area contributed by atoms with E-state index >= 15 is 0 Å². The smallest absolute Gasteiger partial charge is 0.237 e. The fourth-order valence-electron chi connectivity index (χ4n) is 3.98. The zero-order valence-electron chi connectivity index (χ0n) is 18.1. The van der Waals surface area contributed by atoms with E-state index in [-0.39, 0.29) is 37.5 Å². The molecular formula is C23H31FN2O4S. The number of benzene rings is 1. The van der Waals surface area contributed by atoms with Crippen LogP contribution < -0.4 is 4.74 Å². The Balaban J connectivity index is 1.71. The summed E-state index contributed by atoms with van der Waals surface area (Å²) < 4.78 is 24.4. The van der Waals surface area contributed by atoms with E-state index in [2.05, 4.69) is 0 Å². The molecule has 0 radical (unpaired) electrons. The van der Waals surface area contributed by atoms with Gasteiger partial charge in [0, 0.05) is 31.1 Å². The number of fused-ring (bicyclic) bond motifs is 1. The minimum absolute atomic E-state index is 0.00255. The number of nitrogens with zero attached hydrogens (tertiary/aromatic N) is 2. The number of halogens is 1. The number of ether oxygens (including phenoxy) is 2. The van der Waals surface area contributed by atoms with Gasteiger partial charge in [0.2, 0.25) is 5.91 Å². The van der Waals surface area contributed by atoms with Crippen molar-refractivity contribution in [2.75, 3.05) is 46.5 Å². The molecule has 6 nitrogen and oxygen atoms in total. The summed E-state index contributed by atoms with van der Waals surface area (Å²) in [6.45, 7) is 4.49. The van der Waals surface area contributed by atoms with Crippen molar-refractivity contribution in [2.45, 2.75) is 31.9 Å². The highest BCUT2D eigenvalue weighted by Crippen LogP contribution is 2.34. The third-order valence-corrected chi connectivity index (χ3v) is 6.34. The molecule has 0 saturated heterocycles. The van der Waals surface area contributed by atoms with Crippen molar-refractivity contribution < 1.29 is 23.8 Å². The van der Waals surface area contributed by atoms with Crippen LogP contribution in [0.15, 0.2) is 35.7 Å². The lowest BCUT2D eigenvalue weighted by Gasteiger charge is -2.37. The molecule has 170 valence electrons. The molecule has 0 unspecified atom stereocenters. The third-order valence-electron chi connectivity index (χ3n) is 5.35. The second-order valence-electron chi connectivity index (χ2n) is 7.76. The summed E-state index contributed by atoms with van der Waals surface area (Å²) in [4.78, 5) is 18.4. The average Bonchev–Trinajstić information content (AvgIpc) is 3.21. The number of hydrogen-bond donors (Lipinski definition) is 1. The molecule has 1 N–H and O–H groups in total. The molecule has 0 aliphatic carbocycles. The number of thiophene rings is 1. The van der Waals surface area contributed by atoms with E-state index in [0.29, 0.717) is 25.4 Å². The SMILES string of the molecule is CCCN(CC(=O)N1CCc2sccc2[C@H]1COc1cccc(F)c1)C[C@@H](O)COC. The molecule has 2 atom stereocenters. The lowest BCUT2D eigenvalue weighted by molar-refractivity contribution is -0.136. The second kappa shape index (κ2) is 11.6. The summed E-state index contributed by atoms with van der Waals surface area (Å²) in [7, 11) is 1.55. The fourth-order valence-corrected chi connectivity index (χ4v) is 4.91. The zero-order chi connectivity index (χ0) is 22.2. The van der Waals surface area contributed by atoms with Crippen LogP contribution in [0, 0.1) is 5.82 Å². The number of aliphatic hydroxyl groups excluding tert-OH is 1. The number of aliphatic hydroxyl groups is 1. The normalized spacial score (nSPS) is 16.9. The van der Waals surface area contributed by atoms with Gasteiger partial charge in [0.05, 0.1) is 25.3 Å². The topological polar surface area (TPSA) is 62.2 Å². The first-order chi connectivity index (χ1) is 15.0. The van der Waals surface area contributed by atoms with Gasteiger partial charge in [0.15, 0.2) is 0 Å². The van der Waals surface area contributed by atoms with Gasteiger partial charge in [-0.25, -0.2) is 4.39 Å². The minimum Gasteiger partial charge on any atom is -0.491 e. The summed E-state index contributed by atoms with van der Waals surface area (Å²) in [6.07, 6.45) is 1.06. The first-order valence-electron chi connectivity index (χ1n) is 10.6. The van der Waals surface area contributed by atoms with Crippen LogP contribution in [-0.4, -0.2) is 73.4 Å². The van der Waals surface area contributed by atoms with E-state index in [0.717, 1.165) is 18.4 Å². The van der Waals surface area contributed by atoms with Crippen molar-refractivity contribution in [1.82, 2.24) is 9.80 Å². The maximum absolute atomic E-state index is 13.5. The third kappa shape index (κ3) is 6.49. The summed E-state index contributed by atoms with van der Waals surface area (Å²) in [6, 6.07) is 7.87. The lowest BCUT2D eigenvalue weighted by atomic mass is 10.0. The van der Waals surface area contributed by atoms with Crippen molar-refractivity contribution >= 4 is 17.2 Å². The molecule has 1 aromatic carbocycles. The van der Waals surface area contributed by atoms with E-state index in [1.54, 1.807) is 30.6 Å². The van der Waals surface area contributed by atoms with Crippen LogP contribution in [0.5, 0.6) is 5.75 Å². The van der Waals surface area contributed by atoms with Crippen LogP contribution in [0.2, 0.25) is 0 Å². The van der Waals surface area contributed by atoms with Crippen molar-refractivity contribution in [3.05, 3.63) is 52.0 Å². The van der Waals surface area contributed by atoms with Crippen LogP contribution in [-0.2, 0) is 16.0 Å². The first-order valence-corrected chi connectivity index (χ1v) is 11.5. The van der Waals surface area contributed by atoms with Crippen molar-refractivity contribution in [2.24, 2.45) is 0 Å². The van der Waals surface area contributed by atoms with E-state index in [9.17, 15) is 14.3 Å². The monoisotopic (exact) mass is 450 g/mol. The highest BCUT2D eigenvalue weighted by molar-refractivity contribution is 7.10. The number of rotatable bonds is 11. The quantitative estimate of drug-likeness (QED) is 0.570. The summed E-state index contributed by atoms with van der Waals surface area (Å²) >= 11 is 1.69. The lowest BCUT2D eigenvalue weighted by Crippen LogP contribution is -2.48. The van der Waals surface area contributed by atoms with Crippen LogP contribution >= 0.6 is 11.3 Å². The van der Waals surface area contributed by atoms with E-state index in [1.165, 1.54) is 17.0 Å².